The molecule has 1 amide bonds. The summed E-state index contributed by atoms with van der Waals surface area (Å²) in [6, 6.07) is 5.28. The molecule has 0 aliphatic heterocycles. The van der Waals surface area contributed by atoms with Crippen LogP contribution in [0, 0.1) is 5.92 Å². The molecule has 0 bridgehead atoms. The third-order valence-electron chi connectivity index (χ3n) is 2.88. The maximum absolute atomic E-state index is 12.5. The van der Waals surface area contributed by atoms with Crippen LogP contribution in [0.1, 0.15) is 46.7 Å². The summed E-state index contributed by atoms with van der Waals surface area (Å²) < 4.78 is 5.46. The summed E-state index contributed by atoms with van der Waals surface area (Å²) in [5.74, 6) is 0.396. The van der Waals surface area contributed by atoms with Gasteiger partial charge in [-0.3, -0.25) is 4.98 Å². The number of carbonyl (C=O) groups is 1. The number of aromatic nitrogens is 1. The second-order valence-electron chi connectivity index (χ2n) is 6.76. The number of ether oxygens (including phenoxy) is 1. The van der Waals surface area contributed by atoms with Gasteiger partial charge in [-0.1, -0.05) is 26.0 Å². The van der Waals surface area contributed by atoms with Crippen molar-refractivity contribution >= 4 is 12.3 Å². The molecule has 1 aromatic rings. The van der Waals surface area contributed by atoms with Gasteiger partial charge in [0.2, 0.25) is 0 Å². The van der Waals surface area contributed by atoms with E-state index < -0.39 is 11.7 Å². The van der Waals surface area contributed by atoms with Gasteiger partial charge >= 0.3 is 6.09 Å². The Morgan fingerprint density at radius 1 is 1.43 bits per heavy atom. The molecule has 5 heteroatoms. The number of hydrogen-bond acceptors (Lipinski definition) is 4. The summed E-state index contributed by atoms with van der Waals surface area (Å²) in [5.41, 5.74) is 0.0905. The number of rotatable bonds is 6. The molecule has 0 aliphatic carbocycles. The summed E-state index contributed by atoms with van der Waals surface area (Å²) in [5, 5.41) is 5.64. The third kappa shape index (κ3) is 7.08. The minimum atomic E-state index is -0.584. The van der Waals surface area contributed by atoms with Crippen LogP contribution < -0.4 is 0 Å². The van der Waals surface area contributed by atoms with Crippen LogP contribution in [0.15, 0.2) is 42.2 Å². The van der Waals surface area contributed by atoms with Crippen LogP contribution in [0.5, 0.6) is 0 Å². The molecule has 1 aromatic heterocycles. The van der Waals surface area contributed by atoms with Crippen molar-refractivity contribution in [1.29, 1.82) is 0 Å². The largest absolute Gasteiger partial charge is 0.442 e. The van der Waals surface area contributed by atoms with E-state index in [9.17, 15) is 4.79 Å². The molecule has 0 N–H and O–H groups in total. The number of carbonyl (C=O) groups excluding carboxylic acids is 1. The van der Waals surface area contributed by atoms with Gasteiger partial charge < -0.3 is 4.74 Å². The van der Waals surface area contributed by atoms with Crippen molar-refractivity contribution < 1.29 is 9.53 Å². The molecule has 1 atom stereocenters. The van der Waals surface area contributed by atoms with Gasteiger partial charge in [0.15, 0.2) is 0 Å². The lowest BCUT2D eigenvalue weighted by Gasteiger charge is -2.29. The Hall–Kier alpha value is -2.17. The Kier molecular flexibility index (Phi) is 6.94. The number of pyridine rings is 1. The minimum absolute atomic E-state index is 0.232. The smallest absolute Gasteiger partial charge is 0.431 e. The predicted octanol–water partition coefficient (Wildman–Crippen LogP) is 4.25. The predicted molar refractivity (Wildman–Crippen MR) is 93.3 cm³/mol. The zero-order chi connectivity index (χ0) is 17.5. The summed E-state index contributed by atoms with van der Waals surface area (Å²) in [7, 11) is 0. The maximum atomic E-state index is 12.5. The quantitative estimate of drug-likeness (QED) is 0.447. The van der Waals surface area contributed by atoms with Gasteiger partial charge in [-0.15, -0.1) is 6.58 Å². The van der Waals surface area contributed by atoms with Crippen molar-refractivity contribution in [2.24, 2.45) is 11.0 Å². The van der Waals surface area contributed by atoms with Crippen molar-refractivity contribution in [2.75, 3.05) is 0 Å². The van der Waals surface area contributed by atoms with E-state index in [-0.39, 0.29) is 6.04 Å². The molecule has 1 heterocycles. The second-order valence-corrected chi connectivity index (χ2v) is 6.76. The highest BCUT2D eigenvalue weighted by Crippen LogP contribution is 2.17. The molecule has 23 heavy (non-hydrogen) atoms. The third-order valence-corrected chi connectivity index (χ3v) is 2.88. The fourth-order valence-corrected chi connectivity index (χ4v) is 1.93. The highest BCUT2D eigenvalue weighted by atomic mass is 16.6. The van der Waals surface area contributed by atoms with Crippen molar-refractivity contribution in [3.8, 4) is 0 Å². The van der Waals surface area contributed by atoms with Gasteiger partial charge in [0.25, 0.3) is 0 Å². The average Bonchev–Trinajstić information content (AvgIpc) is 2.45. The minimum Gasteiger partial charge on any atom is -0.442 e. The van der Waals surface area contributed by atoms with Crippen LogP contribution in [0.3, 0.4) is 0 Å². The van der Waals surface area contributed by atoms with Crippen molar-refractivity contribution in [2.45, 2.75) is 52.7 Å². The Balaban J connectivity index is 3.01. The molecule has 0 aromatic carbocycles. The molecular weight excluding hydrogens is 290 g/mol. The first-order valence-electron chi connectivity index (χ1n) is 7.82. The fraction of sp³-hybridized carbons (Fsp3) is 0.500. The second kappa shape index (κ2) is 8.46. The Morgan fingerprint density at radius 2 is 2.13 bits per heavy atom. The van der Waals surface area contributed by atoms with Crippen LogP contribution in [0.4, 0.5) is 4.79 Å². The van der Waals surface area contributed by atoms with E-state index >= 15 is 0 Å². The number of hydrogen-bond donors (Lipinski definition) is 0. The Bertz CT molecular complexity index is 533. The number of nitrogens with zero attached hydrogens (tertiary/aromatic N) is 3. The molecule has 5 nitrogen and oxygen atoms in total. The first-order chi connectivity index (χ1) is 10.7. The molecule has 0 aliphatic rings. The standard InChI is InChI=1S/C18H27N3O2/c1-7-16(12-14(2)3)21(17(22)23-18(4,5)6)20-13-15-10-8-9-11-19-15/h7-11,13-14,16H,1,12H2,2-6H3/b20-13+. The first-order valence-corrected chi connectivity index (χ1v) is 7.82. The van der Waals surface area contributed by atoms with Gasteiger partial charge in [-0.25, -0.2) is 4.79 Å². The van der Waals surface area contributed by atoms with Crippen molar-refractivity contribution in [1.82, 2.24) is 9.99 Å². The van der Waals surface area contributed by atoms with E-state index in [1.807, 2.05) is 39.0 Å². The van der Waals surface area contributed by atoms with E-state index in [4.69, 9.17) is 4.74 Å². The summed E-state index contributed by atoms with van der Waals surface area (Å²) in [6.07, 6.45) is 5.22. The van der Waals surface area contributed by atoms with Crippen LogP contribution in [-0.4, -0.2) is 33.9 Å². The summed E-state index contributed by atoms with van der Waals surface area (Å²) in [6.45, 7) is 13.5. The Labute approximate surface area is 139 Å². The van der Waals surface area contributed by atoms with Gasteiger partial charge in [0.1, 0.15) is 5.60 Å². The van der Waals surface area contributed by atoms with E-state index in [0.717, 1.165) is 6.42 Å². The summed E-state index contributed by atoms with van der Waals surface area (Å²) in [4.78, 5) is 16.7. The number of amides is 1. The van der Waals surface area contributed by atoms with E-state index in [2.05, 4.69) is 30.5 Å². The zero-order valence-corrected chi connectivity index (χ0v) is 14.7. The van der Waals surface area contributed by atoms with Crippen molar-refractivity contribution in [3.05, 3.63) is 42.7 Å². The van der Waals surface area contributed by atoms with E-state index in [1.54, 1.807) is 18.5 Å². The van der Waals surface area contributed by atoms with Crippen LogP contribution in [-0.2, 0) is 4.74 Å². The highest BCUT2D eigenvalue weighted by molar-refractivity contribution is 5.78. The van der Waals surface area contributed by atoms with Crippen LogP contribution >= 0.6 is 0 Å². The summed E-state index contributed by atoms with van der Waals surface area (Å²) >= 11 is 0. The number of hydrazone groups is 1. The molecule has 0 saturated heterocycles. The normalized spacial score (nSPS) is 13.1. The van der Waals surface area contributed by atoms with Crippen molar-refractivity contribution in [3.63, 3.8) is 0 Å². The average molecular weight is 317 g/mol. The van der Waals surface area contributed by atoms with Gasteiger partial charge in [-0.2, -0.15) is 10.1 Å². The molecule has 0 fully saturated rings. The highest BCUT2D eigenvalue weighted by Gasteiger charge is 2.27. The topological polar surface area (TPSA) is 54.8 Å². The Morgan fingerprint density at radius 3 is 2.61 bits per heavy atom. The molecule has 1 unspecified atom stereocenters. The SMILES string of the molecule is C=CC(CC(C)C)N(/N=C/c1ccccn1)C(=O)OC(C)(C)C. The van der Waals surface area contributed by atoms with E-state index in [1.165, 1.54) is 5.01 Å². The van der Waals surface area contributed by atoms with Crippen LogP contribution in [0.25, 0.3) is 0 Å². The zero-order valence-electron chi connectivity index (χ0n) is 14.7. The van der Waals surface area contributed by atoms with Gasteiger partial charge in [0.05, 0.1) is 18.0 Å². The maximum Gasteiger partial charge on any atom is 0.431 e. The van der Waals surface area contributed by atoms with Crippen LogP contribution in [0.2, 0.25) is 0 Å². The lowest BCUT2D eigenvalue weighted by atomic mass is 10.0. The molecule has 126 valence electrons. The fourth-order valence-electron chi connectivity index (χ4n) is 1.93. The lowest BCUT2D eigenvalue weighted by Crippen LogP contribution is -2.40. The van der Waals surface area contributed by atoms with Gasteiger partial charge in [-0.05, 0) is 45.2 Å². The molecule has 1 rings (SSSR count). The molecule has 0 radical (unpaired) electrons. The monoisotopic (exact) mass is 317 g/mol. The molecule has 0 saturated carbocycles. The van der Waals surface area contributed by atoms with E-state index in [0.29, 0.717) is 11.6 Å². The molecule has 0 spiro atoms. The van der Waals surface area contributed by atoms with Gasteiger partial charge in [0, 0.05) is 6.20 Å². The first kappa shape index (κ1) is 18.9. The molecular formula is C18H27N3O2. The lowest BCUT2D eigenvalue weighted by molar-refractivity contribution is 0.0191.